The molecule has 0 spiro atoms. The molecule has 1 heterocycles. The van der Waals surface area contributed by atoms with Crippen molar-refractivity contribution in [2.45, 2.75) is 32.9 Å². The molecule has 31 heavy (non-hydrogen) atoms. The summed E-state index contributed by atoms with van der Waals surface area (Å²) in [6.45, 7) is 5.84. The van der Waals surface area contributed by atoms with Crippen LogP contribution in [-0.2, 0) is 13.1 Å². The van der Waals surface area contributed by atoms with Crippen molar-refractivity contribution in [3.05, 3.63) is 95.8 Å². The van der Waals surface area contributed by atoms with Crippen molar-refractivity contribution in [3.63, 3.8) is 0 Å². The van der Waals surface area contributed by atoms with E-state index in [1.807, 2.05) is 60.7 Å². The monoisotopic (exact) mass is 413 g/mol. The number of para-hydroxylation sites is 3. The zero-order valence-corrected chi connectivity index (χ0v) is 17.9. The molecule has 0 radical (unpaired) electrons. The van der Waals surface area contributed by atoms with Crippen molar-refractivity contribution in [1.82, 2.24) is 14.9 Å². The van der Waals surface area contributed by atoms with Gasteiger partial charge < -0.3 is 14.6 Å². The Kier molecular flexibility index (Phi) is 6.32. The fourth-order valence-corrected chi connectivity index (χ4v) is 3.70. The summed E-state index contributed by atoms with van der Waals surface area (Å²) in [4.78, 5) is 17.2. The lowest BCUT2D eigenvalue weighted by Gasteiger charge is -2.15. The fraction of sp³-hybridized carbons (Fsp3) is 0.231. The molecule has 0 aliphatic carbocycles. The summed E-state index contributed by atoms with van der Waals surface area (Å²) in [5.41, 5.74) is 3.79. The number of ether oxygens (including phenoxy) is 1. The molecule has 0 bridgehead atoms. The van der Waals surface area contributed by atoms with Gasteiger partial charge in [-0.05, 0) is 41.8 Å². The summed E-state index contributed by atoms with van der Waals surface area (Å²) in [6, 6.07) is 25.4. The van der Waals surface area contributed by atoms with Crippen molar-refractivity contribution in [1.29, 1.82) is 0 Å². The van der Waals surface area contributed by atoms with Gasteiger partial charge in [0, 0.05) is 5.56 Å². The van der Waals surface area contributed by atoms with Gasteiger partial charge in [-0.15, -0.1) is 0 Å². The van der Waals surface area contributed by atoms with Crippen LogP contribution in [-0.4, -0.2) is 22.1 Å². The zero-order valence-electron chi connectivity index (χ0n) is 17.9. The Labute approximate surface area is 182 Å². The van der Waals surface area contributed by atoms with E-state index in [4.69, 9.17) is 9.72 Å². The van der Waals surface area contributed by atoms with Gasteiger partial charge in [0.25, 0.3) is 5.91 Å². The third-order valence-corrected chi connectivity index (χ3v) is 5.29. The molecule has 0 saturated carbocycles. The molecular weight excluding hydrogens is 386 g/mol. The van der Waals surface area contributed by atoms with Crippen molar-refractivity contribution >= 4 is 16.9 Å². The molecule has 5 nitrogen and oxygen atoms in total. The van der Waals surface area contributed by atoms with E-state index in [9.17, 15) is 4.79 Å². The highest BCUT2D eigenvalue weighted by atomic mass is 16.5. The van der Waals surface area contributed by atoms with Crippen LogP contribution in [0, 0.1) is 0 Å². The number of carbonyl (C=O) groups excluding carboxylic acids is 1. The number of hydrogen-bond acceptors (Lipinski definition) is 3. The van der Waals surface area contributed by atoms with Gasteiger partial charge in [0.15, 0.2) is 0 Å². The quantitative estimate of drug-likeness (QED) is 0.434. The number of nitrogens with zero attached hydrogens (tertiary/aromatic N) is 2. The Morgan fingerprint density at radius 2 is 1.68 bits per heavy atom. The highest BCUT2D eigenvalue weighted by Gasteiger charge is 2.13. The van der Waals surface area contributed by atoms with E-state index in [0.29, 0.717) is 31.2 Å². The van der Waals surface area contributed by atoms with Crippen LogP contribution in [0.2, 0.25) is 0 Å². The minimum Gasteiger partial charge on any atom is -0.491 e. The zero-order chi connectivity index (χ0) is 21.6. The Bertz CT molecular complexity index is 1170. The predicted octanol–water partition coefficient (Wildman–Crippen LogP) is 5.17. The van der Waals surface area contributed by atoms with Crippen LogP contribution in [0.4, 0.5) is 0 Å². The molecule has 1 N–H and O–H groups in total. The van der Waals surface area contributed by atoms with Gasteiger partial charge in [0.2, 0.25) is 0 Å². The van der Waals surface area contributed by atoms with Crippen molar-refractivity contribution in [3.8, 4) is 5.75 Å². The maximum Gasteiger partial charge on any atom is 0.251 e. The predicted molar refractivity (Wildman–Crippen MR) is 123 cm³/mol. The van der Waals surface area contributed by atoms with E-state index in [1.165, 1.54) is 5.56 Å². The van der Waals surface area contributed by atoms with Gasteiger partial charge in [-0.25, -0.2) is 4.98 Å². The summed E-state index contributed by atoms with van der Waals surface area (Å²) in [7, 11) is 0. The first-order valence-corrected chi connectivity index (χ1v) is 10.6. The second kappa shape index (κ2) is 9.47. The molecule has 5 heteroatoms. The second-order valence-electron chi connectivity index (χ2n) is 7.76. The lowest BCUT2D eigenvalue weighted by Crippen LogP contribution is -2.25. The maximum atomic E-state index is 12.5. The number of aromatic nitrogens is 2. The van der Waals surface area contributed by atoms with Gasteiger partial charge in [0.05, 0.1) is 24.1 Å². The first-order chi connectivity index (χ1) is 15.1. The van der Waals surface area contributed by atoms with Crippen LogP contribution < -0.4 is 10.1 Å². The lowest BCUT2D eigenvalue weighted by molar-refractivity contribution is 0.0949. The molecule has 4 aromatic rings. The molecular formula is C26H27N3O2. The summed E-state index contributed by atoms with van der Waals surface area (Å²) in [6.07, 6.45) is 0. The molecule has 1 amide bonds. The summed E-state index contributed by atoms with van der Waals surface area (Å²) in [5, 5.41) is 2.99. The second-order valence-corrected chi connectivity index (χ2v) is 7.76. The number of nitrogens with one attached hydrogen (secondary N) is 1. The first-order valence-electron chi connectivity index (χ1n) is 10.6. The largest absolute Gasteiger partial charge is 0.491 e. The summed E-state index contributed by atoms with van der Waals surface area (Å²) < 4.78 is 8.26. The molecule has 0 aliphatic rings. The summed E-state index contributed by atoms with van der Waals surface area (Å²) >= 11 is 0. The average molecular weight is 414 g/mol. The number of amides is 1. The van der Waals surface area contributed by atoms with E-state index in [-0.39, 0.29) is 5.91 Å². The number of imidazole rings is 1. The molecule has 0 fully saturated rings. The molecule has 0 atom stereocenters. The minimum absolute atomic E-state index is 0.110. The third kappa shape index (κ3) is 4.77. The van der Waals surface area contributed by atoms with Gasteiger partial charge in [-0.3, -0.25) is 4.79 Å². The normalized spacial score (nSPS) is 11.1. The Morgan fingerprint density at radius 3 is 2.48 bits per heavy atom. The van der Waals surface area contributed by atoms with Gasteiger partial charge in [-0.2, -0.15) is 0 Å². The number of hydrogen-bond donors (Lipinski definition) is 1. The van der Waals surface area contributed by atoms with Crippen molar-refractivity contribution in [2.75, 3.05) is 6.61 Å². The Morgan fingerprint density at radius 1 is 0.968 bits per heavy atom. The van der Waals surface area contributed by atoms with Crippen molar-refractivity contribution < 1.29 is 9.53 Å². The van der Waals surface area contributed by atoms with Crippen LogP contribution >= 0.6 is 0 Å². The standard InChI is InChI=1S/C26H27N3O2/c1-19(2)21-12-6-9-15-24(21)31-17-16-29-23-14-8-7-13-22(23)28-25(29)18-27-26(30)20-10-4-3-5-11-20/h3-15,19H,16-18H2,1-2H3,(H,27,30). The van der Waals surface area contributed by atoms with E-state index >= 15 is 0 Å². The summed E-state index contributed by atoms with van der Waals surface area (Å²) in [5.74, 6) is 2.02. The molecule has 4 rings (SSSR count). The molecule has 0 aliphatic heterocycles. The lowest BCUT2D eigenvalue weighted by atomic mass is 10.0. The smallest absolute Gasteiger partial charge is 0.251 e. The Hall–Kier alpha value is -3.60. The molecule has 1 aromatic heterocycles. The van der Waals surface area contributed by atoms with Crippen LogP contribution in [0.1, 0.15) is 41.5 Å². The van der Waals surface area contributed by atoms with Crippen LogP contribution in [0.5, 0.6) is 5.75 Å². The number of benzene rings is 3. The number of fused-ring (bicyclic) bond motifs is 1. The highest BCUT2D eigenvalue weighted by molar-refractivity contribution is 5.94. The van der Waals surface area contributed by atoms with Crippen LogP contribution in [0.15, 0.2) is 78.9 Å². The maximum absolute atomic E-state index is 12.5. The fourth-order valence-electron chi connectivity index (χ4n) is 3.70. The highest BCUT2D eigenvalue weighted by Crippen LogP contribution is 2.26. The van der Waals surface area contributed by atoms with E-state index in [1.54, 1.807) is 12.1 Å². The van der Waals surface area contributed by atoms with Crippen LogP contribution in [0.3, 0.4) is 0 Å². The first kappa shape index (κ1) is 20.7. The molecule has 0 unspecified atom stereocenters. The van der Waals surface area contributed by atoms with E-state index < -0.39 is 0 Å². The molecule has 0 saturated heterocycles. The SMILES string of the molecule is CC(C)c1ccccc1OCCn1c(CNC(=O)c2ccccc2)nc2ccccc21. The Balaban J connectivity index is 1.50. The average Bonchev–Trinajstić information content (AvgIpc) is 3.16. The number of rotatable bonds is 8. The topological polar surface area (TPSA) is 56.1 Å². The van der Waals surface area contributed by atoms with Gasteiger partial charge >= 0.3 is 0 Å². The van der Waals surface area contributed by atoms with Crippen molar-refractivity contribution in [2.24, 2.45) is 0 Å². The molecule has 3 aromatic carbocycles. The molecule has 158 valence electrons. The van der Waals surface area contributed by atoms with Gasteiger partial charge in [0.1, 0.15) is 18.2 Å². The van der Waals surface area contributed by atoms with Gasteiger partial charge in [-0.1, -0.05) is 62.4 Å². The third-order valence-electron chi connectivity index (χ3n) is 5.29. The van der Waals surface area contributed by atoms with Crippen LogP contribution in [0.25, 0.3) is 11.0 Å². The van der Waals surface area contributed by atoms with E-state index in [0.717, 1.165) is 22.6 Å². The number of carbonyl (C=O) groups is 1. The minimum atomic E-state index is -0.110. The van der Waals surface area contributed by atoms with E-state index in [2.05, 4.69) is 29.8 Å².